The number of aromatic nitrogens is 8. The van der Waals surface area contributed by atoms with Crippen LogP contribution in [0.3, 0.4) is 0 Å². The fraction of sp³-hybridized carbons (Fsp3) is 0.548. The number of fused-ring (bicyclic) bond motifs is 4. The van der Waals surface area contributed by atoms with Gasteiger partial charge in [-0.2, -0.15) is 4.89 Å². The third-order valence-electron chi connectivity index (χ3n) is 9.71. The largest absolute Gasteiger partial charge is 0.481 e. The molecule has 0 aromatic carbocycles. The summed E-state index contributed by atoms with van der Waals surface area (Å²) in [7, 11) is 1.44. The van der Waals surface area contributed by atoms with Gasteiger partial charge >= 0.3 is 25.5 Å². The monoisotopic (exact) mass is 982 g/mol. The molecule has 4 aromatic rings. The molecule has 0 bridgehead atoms. The molecule has 348 valence electrons. The predicted molar refractivity (Wildman–Crippen MR) is 215 cm³/mol. The van der Waals surface area contributed by atoms with E-state index in [2.05, 4.69) is 40.5 Å². The first-order valence-corrected chi connectivity index (χ1v) is 23.9. The van der Waals surface area contributed by atoms with Crippen molar-refractivity contribution in [3.8, 4) is 0 Å². The molecule has 3 aliphatic rings. The van der Waals surface area contributed by atoms with Crippen molar-refractivity contribution in [1.29, 1.82) is 0 Å². The van der Waals surface area contributed by atoms with E-state index < -0.39 is 99.2 Å². The number of carbonyl (C=O) groups is 4. The van der Waals surface area contributed by atoms with Crippen LogP contribution in [0.25, 0.3) is 22.3 Å². The Kier molecular flexibility index (Phi) is 14.4. The fourth-order valence-corrected chi connectivity index (χ4v) is 9.05. The van der Waals surface area contributed by atoms with Crippen LogP contribution in [0.15, 0.2) is 25.3 Å². The van der Waals surface area contributed by atoms with Gasteiger partial charge in [0.15, 0.2) is 59.3 Å². The summed E-state index contributed by atoms with van der Waals surface area (Å²) in [6.45, 7) is -8.73. The average Bonchev–Trinajstić information content (AvgIpc) is 4.00. The van der Waals surface area contributed by atoms with Gasteiger partial charge in [0, 0.05) is 26.4 Å². The van der Waals surface area contributed by atoms with Gasteiger partial charge in [0.25, 0.3) is 0 Å². The number of nitrogens with one attached hydrogen (secondary N) is 2. The van der Waals surface area contributed by atoms with Crippen molar-refractivity contribution in [2.75, 3.05) is 44.4 Å². The predicted octanol–water partition coefficient (Wildman–Crippen LogP) is 0.483. The molecule has 3 saturated heterocycles. The molecule has 11 atom stereocenters. The van der Waals surface area contributed by atoms with Gasteiger partial charge in [-0.25, -0.2) is 43.5 Å². The highest BCUT2D eigenvalue weighted by Gasteiger charge is 2.54. The molecule has 7 N–H and O–H groups in total. The number of amides is 3. The normalized spacial score (nSPS) is 30.1. The number of anilines is 2. The maximum absolute atomic E-state index is 16.4. The molecule has 3 fully saturated rings. The van der Waals surface area contributed by atoms with E-state index in [0.717, 1.165) is 23.5 Å². The number of likely N-dealkylation sites (N-methyl/N-ethyl adjacent to an activating group) is 1. The number of nitrogens with two attached hydrogens (primary N) is 1. The Morgan fingerprint density at radius 3 is 2.33 bits per heavy atom. The Morgan fingerprint density at radius 2 is 1.61 bits per heavy atom. The third-order valence-corrected chi connectivity index (χ3v) is 12.5. The lowest BCUT2D eigenvalue weighted by molar-refractivity contribution is -0.336. The first-order chi connectivity index (χ1) is 30.3. The van der Waals surface area contributed by atoms with E-state index in [1.165, 1.54) is 29.8 Å². The summed E-state index contributed by atoms with van der Waals surface area (Å²) in [5, 5.41) is 13.8. The lowest BCUT2D eigenvalue weighted by Crippen LogP contribution is -2.36. The summed E-state index contributed by atoms with van der Waals surface area (Å²) >= 11 is 10.2. The number of carbonyl (C=O) groups excluding carboxylic acids is 3. The highest BCUT2D eigenvalue weighted by molar-refractivity contribution is 8.07. The molecule has 4 aromatic heterocycles. The number of halogens is 2. The number of nitrogen functional groups attached to an aromatic ring is 1. The van der Waals surface area contributed by atoms with Crippen molar-refractivity contribution >= 4 is 94.9 Å². The molecule has 0 spiro atoms. The zero-order chi connectivity index (χ0) is 46.1. The van der Waals surface area contributed by atoms with Crippen LogP contribution in [0.1, 0.15) is 32.2 Å². The van der Waals surface area contributed by atoms with E-state index >= 15 is 8.78 Å². The van der Waals surface area contributed by atoms with Crippen LogP contribution in [-0.2, 0) is 75.3 Å². The van der Waals surface area contributed by atoms with Gasteiger partial charge in [-0.15, -0.1) is 4.67 Å². The van der Waals surface area contributed by atoms with Crippen molar-refractivity contribution < 1.29 is 80.2 Å². The minimum Gasteiger partial charge on any atom is -0.481 e. The topological polar surface area (TPSA) is 343 Å². The van der Waals surface area contributed by atoms with E-state index in [9.17, 15) is 29.0 Å². The second-order valence-electron chi connectivity index (χ2n) is 14.1. The third kappa shape index (κ3) is 10.6. The number of alkyl halides is 2. The van der Waals surface area contributed by atoms with Gasteiger partial charge in [0.2, 0.25) is 18.1 Å². The van der Waals surface area contributed by atoms with Crippen molar-refractivity contribution in [2.24, 2.45) is 5.92 Å². The Morgan fingerprint density at radius 1 is 0.969 bits per heavy atom. The molecule has 0 aliphatic carbocycles. The molecule has 27 nitrogen and oxygen atoms in total. The van der Waals surface area contributed by atoms with E-state index in [1.807, 2.05) is 0 Å². The SMILES string of the molecule is CC(CC(=O)NCCC(=O)N(C)CCOC(=O)Nc1ncnc2c1ncn2[C@@H]1O[C@@H]2OOP(O)(=S)O[C@H]3[C@@H](F)[C@H](n4cnc5c(N)ncnc54)O[C@@H]3COP(O)(=S)O[C@H]2[C@H]1F)C(=O)O. The summed E-state index contributed by atoms with van der Waals surface area (Å²) in [5.41, 5.74) is 5.91. The van der Waals surface area contributed by atoms with Crippen molar-refractivity contribution in [1.82, 2.24) is 49.3 Å². The highest BCUT2D eigenvalue weighted by atomic mass is 32.5. The number of hydrogen-bond donors (Lipinski definition) is 6. The molecular weight excluding hydrogens is 944 g/mol. The second kappa shape index (κ2) is 19.5. The number of aliphatic carboxylic acids is 1. The number of nitrogens with zero attached hydrogens (tertiary/aromatic N) is 9. The summed E-state index contributed by atoms with van der Waals surface area (Å²) in [4.78, 5) is 101. The smallest absolute Gasteiger partial charge is 0.412 e. The number of ether oxygens (including phenoxy) is 3. The van der Waals surface area contributed by atoms with E-state index in [0.29, 0.717) is 0 Å². The molecule has 7 rings (SSSR count). The molecule has 0 radical (unpaired) electrons. The molecule has 7 heterocycles. The minimum absolute atomic E-state index is 0.00841. The Balaban J connectivity index is 0.972. The van der Waals surface area contributed by atoms with E-state index in [-0.39, 0.29) is 66.5 Å². The average molecular weight is 983 g/mol. The van der Waals surface area contributed by atoms with Gasteiger partial charge in [-0.05, 0) is 23.6 Å². The van der Waals surface area contributed by atoms with Gasteiger partial charge < -0.3 is 49.6 Å². The van der Waals surface area contributed by atoms with Crippen molar-refractivity contribution in [3.63, 3.8) is 0 Å². The lowest BCUT2D eigenvalue weighted by Gasteiger charge is -2.29. The van der Waals surface area contributed by atoms with E-state index in [4.69, 9.17) is 71.8 Å². The summed E-state index contributed by atoms with van der Waals surface area (Å²) in [6.07, 6.45) is -11.7. The van der Waals surface area contributed by atoms with Gasteiger partial charge in [-0.1, -0.05) is 6.92 Å². The second-order valence-corrected chi connectivity index (χ2v) is 19.6. The molecule has 3 unspecified atom stereocenters. The Labute approximate surface area is 368 Å². The van der Waals surface area contributed by atoms with Crippen molar-refractivity contribution in [3.05, 3.63) is 25.3 Å². The quantitative estimate of drug-likeness (QED) is 0.0830. The van der Waals surface area contributed by atoms with Crippen LogP contribution < -0.4 is 16.4 Å². The molecule has 64 heavy (non-hydrogen) atoms. The fourth-order valence-electron chi connectivity index (χ4n) is 6.46. The van der Waals surface area contributed by atoms with Crippen LogP contribution in [0, 0.1) is 5.92 Å². The maximum Gasteiger partial charge on any atom is 0.412 e. The van der Waals surface area contributed by atoms with Crippen LogP contribution in [-0.4, -0.2) is 153 Å². The number of rotatable bonds is 12. The van der Waals surface area contributed by atoms with Crippen LogP contribution in [0.2, 0.25) is 0 Å². The van der Waals surface area contributed by atoms with Gasteiger partial charge in [0.05, 0.1) is 31.7 Å². The zero-order valence-corrected chi connectivity index (χ0v) is 36.5. The highest BCUT2D eigenvalue weighted by Crippen LogP contribution is 2.55. The van der Waals surface area contributed by atoms with Crippen LogP contribution >= 0.6 is 13.4 Å². The number of hydrogen-bond acceptors (Lipinski definition) is 21. The minimum atomic E-state index is -4.59. The van der Waals surface area contributed by atoms with Crippen LogP contribution in [0.4, 0.5) is 25.2 Å². The first-order valence-electron chi connectivity index (χ1n) is 18.7. The molecule has 3 amide bonds. The summed E-state index contributed by atoms with van der Waals surface area (Å²) in [5.74, 6) is -3.09. The number of carboxylic acid groups (broad SMARTS) is 1. The lowest BCUT2D eigenvalue weighted by atomic mass is 10.1. The number of imidazole rings is 2. The Hall–Kier alpha value is -4.62. The Bertz CT molecular complexity index is 2510. The summed E-state index contributed by atoms with van der Waals surface area (Å²) in [6, 6.07) is 0. The van der Waals surface area contributed by atoms with E-state index in [1.54, 1.807) is 0 Å². The summed E-state index contributed by atoms with van der Waals surface area (Å²) < 4.78 is 73.0. The molecule has 3 aliphatic heterocycles. The molecular formula is C31H38F2N12O15P2S2. The first kappa shape index (κ1) is 47.3. The van der Waals surface area contributed by atoms with Gasteiger partial charge in [-0.3, -0.25) is 37.9 Å². The molecule has 33 heteroatoms. The zero-order valence-electron chi connectivity index (χ0n) is 33.1. The standard InChI is InChI=1S/C31H38F2N12O15P2S2/c1-13(29(48)49)7-15(46)35-4-3-16(47)43(2)5-6-53-31(50)42-24-20-26(39-10-37-24)45(12-41-20)28-18(33)22-30(56-28)57-60-62(52,64)58-21-14(8-54-61(51,63)59-22)55-27(17(21)32)44-11-40-19-23(34)36-9-38-25(19)44/h9-14,17-18,21-22,27-28,30H,3-8H2,1-2H3,(H,35,46)(H,48,49)(H,51,63)(H,52,64)(H2,34,36,38)(H,37,39,42,50)/t13?,14-,17-,18-,21-,22+,27-,28-,30-,61?,62?/m1/s1. The van der Waals surface area contributed by atoms with Gasteiger partial charge in [0.1, 0.15) is 37.0 Å². The maximum atomic E-state index is 16.4. The number of carboxylic acids is 1. The van der Waals surface area contributed by atoms with Crippen LogP contribution in [0.5, 0.6) is 0 Å². The molecule has 0 saturated carbocycles. The van der Waals surface area contributed by atoms with Crippen molar-refractivity contribution in [2.45, 2.75) is 69.2 Å².